The zero-order valence-corrected chi connectivity index (χ0v) is 12.4. The first kappa shape index (κ1) is 13.7. The molecule has 0 radical (unpaired) electrons. The van der Waals surface area contributed by atoms with Crippen LogP contribution in [0.25, 0.3) is 10.9 Å². The first-order valence-corrected chi connectivity index (χ1v) is 7.12. The fourth-order valence-corrected chi connectivity index (χ4v) is 2.51. The van der Waals surface area contributed by atoms with Crippen LogP contribution in [-0.2, 0) is 11.2 Å². The van der Waals surface area contributed by atoms with Crippen molar-refractivity contribution in [2.24, 2.45) is 0 Å². The molecular formula is C17H15ClN2O. The molecule has 0 spiro atoms. The molecule has 106 valence electrons. The highest BCUT2D eigenvalue weighted by Gasteiger charge is 2.08. The van der Waals surface area contributed by atoms with Crippen LogP contribution >= 0.6 is 11.6 Å². The largest absolute Gasteiger partial charge is 0.361 e. The lowest BCUT2D eigenvalue weighted by molar-refractivity contribution is -0.115. The average molecular weight is 299 g/mol. The molecule has 21 heavy (non-hydrogen) atoms. The fraction of sp³-hybridized carbons (Fsp3) is 0.118. The number of aromatic nitrogens is 1. The van der Waals surface area contributed by atoms with E-state index in [0.717, 1.165) is 27.7 Å². The van der Waals surface area contributed by atoms with E-state index in [1.807, 2.05) is 55.6 Å². The second kappa shape index (κ2) is 5.62. The lowest BCUT2D eigenvalue weighted by Gasteiger charge is -2.09. The molecule has 0 aliphatic rings. The van der Waals surface area contributed by atoms with Gasteiger partial charge < -0.3 is 10.3 Å². The number of benzene rings is 2. The van der Waals surface area contributed by atoms with Gasteiger partial charge in [0.15, 0.2) is 0 Å². The molecule has 0 saturated carbocycles. The minimum atomic E-state index is -0.0461. The number of carbonyl (C=O) groups is 1. The first-order valence-electron chi connectivity index (χ1n) is 6.74. The second-order valence-corrected chi connectivity index (χ2v) is 5.44. The van der Waals surface area contributed by atoms with Gasteiger partial charge in [0.05, 0.1) is 6.42 Å². The Labute approximate surface area is 127 Å². The van der Waals surface area contributed by atoms with Crippen LogP contribution in [0.2, 0.25) is 5.02 Å². The molecule has 0 unspecified atom stereocenters. The van der Waals surface area contributed by atoms with Crippen molar-refractivity contribution in [2.75, 3.05) is 5.32 Å². The number of anilines is 1. The summed E-state index contributed by atoms with van der Waals surface area (Å²) in [5.74, 6) is -0.0461. The predicted octanol–water partition coefficient (Wildman–Crippen LogP) is 4.31. The maximum Gasteiger partial charge on any atom is 0.228 e. The topological polar surface area (TPSA) is 44.9 Å². The van der Waals surface area contributed by atoms with Gasteiger partial charge in [-0.3, -0.25) is 4.79 Å². The van der Waals surface area contributed by atoms with Crippen molar-refractivity contribution in [3.05, 3.63) is 64.8 Å². The van der Waals surface area contributed by atoms with E-state index < -0.39 is 0 Å². The molecule has 2 aromatic carbocycles. The van der Waals surface area contributed by atoms with Crippen LogP contribution in [0.1, 0.15) is 11.1 Å². The summed E-state index contributed by atoms with van der Waals surface area (Å²) in [6.07, 6.45) is 2.23. The molecule has 0 aliphatic carbocycles. The molecule has 0 atom stereocenters. The van der Waals surface area contributed by atoms with E-state index in [1.54, 1.807) is 0 Å². The minimum Gasteiger partial charge on any atom is -0.361 e. The van der Waals surface area contributed by atoms with Crippen LogP contribution in [0.4, 0.5) is 5.69 Å². The zero-order valence-electron chi connectivity index (χ0n) is 11.6. The molecule has 0 bridgehead atoms. The van der Waals surface area contributed by atoms with Gasteiger partial charge in [-0.1, -0.05) is 23.7 Å². The van der Waals surface area contributed by atoms with E-state index in [0.29, 0.717) is 11.4 Å². The van der Waals surface area contributed by atoms with Gasteiger partial charge in [-0.15, -0.1) is 0 Å². The van der Waals surface area contributed by atoms with Gasteiger partial charge in [0.1, 0.15) is 0 Å². The summed E-state index contributed by atoms with van der Waals surface area (Å²) in [6.45, 7) is 1.89. The third kappa shape index (κ3) is 2.93. The minimum absolute atomic E-state index is 0.0461. The molecule has 3 rings (SSSR count). The third-order valence-corrected chi connectivity index (χ3v) is 3.93. The maximum atomic E-state index is 12.2. The SMILES string of the molecule is Cc1c(Cl)cccc1NC(=O)Cc1ccc2[nH]ccc2c1. The Balaban J connectivity index is 1.75. The van der Waals surface area contributed by atoms with E-state index >= 15 is 0 Å². The molecule has 2 N–H and O–H groups in total. The summed E-state index contributed by atoms with van der Waals surface area (Å²) in [7, 11) is 0. The van der Waals surface area contributed by atoms with Crippen LogP contribution in [0.5, 0.6) is 0 Å². The number of rotatable bonds is 3. The summed E-state index contributed by atoms with van der Waals surface area (Å²) in [6, 6.07) is 13.5. The number of fused-ring (bicyclic) bond motifs is 1. The summed E-state index contributed by atoms with van der Waals surface area (Å²) in [4.78, 5) is 15.3. The lowest BCUT2D eigenvalue weighted by atomic mass is 10.1. The standard InChI is InChI=1S/C17H15ClN2O/c1-11-14(18)3-2-4-15(11)20-17(21)10-12-5-6-16-13(9-12)7-8-19-16/h2-9,19H,10H2,1H3,(H,20,21). The van der Waals surface area contributed by atoms with Gasteiger partial charge in [0, 0.05) is 22.4 Å². The highest BCUT2D eigenvalue weighted by Crippen LogP contribution is 2.23. The van der Waals surface area contributed by atoms with Gasteiger partial charge in [-0.05, 0) is 53.8 Å². The Bertz CT molecular complexity index is 807. The number of hydrogen-bond acceptors (Lipinski definition) is 1. The molecule has 1 amide bonds. The predicted molar refractivity (Wildman–Crippen MR) is 86.8 cm³/mol. The molecule has 4 heteroatoms. The Kier molecular flexibility index (Phi) is 3.67. The Morgan fingerprint density at radius 3 is 2.95 bits per heavy atom. The monoisotopic (exact) mass is 298 g/mol. The normalized spacial score (nSPS) is 10.8. The van der Waals surface area contributed by atoms with Gasteiger partial charge in [0.2, 0.25) is 5.91 Å². The number of halogens is 1. The average Bonchev–Trinajstić information content (AvgIpc) is 2.91. The number of carbonyl (C=O) groups excluding carboxylic acids is 1. The van der Waals surface area contributed by atoms with Crippen molar-refractivity contribution in [2.45, 2.75) is 13.3 Å². The van der Waals surface area contributed by atoms with Gasteiger partial charge >= 0.3 is 0 Å². The quantitative estimate of drug-likeness (QED) is 0.743. The number of nitrogens with one attached hydrogen (secondary N) is 2. The number of amides is 1. The van der Waals surface area contributed by atoms with Crippen molar-refractivity contribution < 1.29 is 4.79 Å². The Hall–Kier alpha value is -2.26. The Morgan fingerprint density at radius 1 is 1.24 bits per heavy atom. The zero-order chi connectivity index (χ0) is 14.8. The van der Waals surface area contributed by atoms with Crippen LogP contribution in [0.3, 0.4) is 0 Å². The molecule has 1 aromatic heterocycles. The molecule has 3 nitrogen and oxygen atoms in total. The summed E-state index contributed by atoms with van der Waals surface area (Å²) >= 11 is 6.06. The van der Waals surface area contributed by atoms with E-state index in [4.69, 9.17) is 11.6 Å². The van der Waals surface area contributed by atoms with E-state index in [-0.39, 0.29) is 5.91 Å². The molecule has 0 saturated heterocycles. The third-order valence-electron chi connectivity index (χ3n) is 3.52. The van der Waals surface area contributed by atoms with Crippen molar-refractivity contribution in [1.29, 1.82) is 0 Å². The van der Waals surface area contributed by atoms with E-state index in [2.05, 4.69) is 10.3 Å². The van der Waals surface area contributed by atoms with Crippen molar-refractivity contribution in [3.63, 3.8) is 0 Å². The lowest BCUT2D eigenvalue weighted by Crippen LogP contribution is -2.15. The maximum absolute atomic E-state index is 12.2. The molecule has 1 heterocycles. The summed E-state index contributed by atoms with van der Waals surface area (Å²) in [5.41, 5.74) is 3.70. The van der Waals surface area contributed by atoms with Crippen LogP contribution < -0.4 is 5.32 Å². The van der Waals surface area contributed by atoms with Gasteiger partial charge in [-0.25, -0.2) is 0 Å². The van der Waals surface area contributed by atoms with E-state index in [1.165, 1.54) is 0 Å². The summed E-state index contributed by atoms with van der Waals surface area (Å²) < 4.78 is 0. The Morgan fingerprint density at radius 2 is 2.10 bits per heavy atom. The van der Waals surface area contributed by atoms with Crippen molar-refractivity contribution >= 4 is 34.1 Å². The molecule has 3 aromatic rings. The van der Waals surface area contributed by atoms with Crippen LogP contribution in [0, 0.1) is 6.92 Å². The summed E-state index contributed by atoms with van der Waals surface area (Å²) in [5, 5.41) is 4.67. The van der Waals surface area contributed by atoms with Gasteiger partial charge in [0.25, 0.3) is 0 Å². The highest BCUT2D eigenvalue weighted by atomic mass is 35.5. The number of H-pyrrole nitrogens is 1. The fourth-order valence-electron chi connectivity index (χ4n) is 2.34. The van der Waals surface area contributed by atoms with Crippen molar-refractivity contribution in [1.82, 2.24) is 4.98 Å². The molecule has 0 aliphatic heterocycles. The number of aromatic amines is 1. The smallest absolute Gasteiger partial charge is 0.228 e. The van der Waals surface area contributed by atoms with Crippen LogP contribution in [-0.4, -0.2) is 10.9 Å². The van der Waals surface area contributed by atoms with Crippen molar-refractivity contribution in [3.8, 4) is 0 Å². The van der Waals surface area contributed by atoms with Crippen LogP contribution in [0.15, 0.2) is 48.7 Å². The second-order valence-electron chi connectivity index (χ2n) is 5.04. The number of hydrogen-bond donors (Lipinski definition) is 2. The molecular weight excluding hydrogens is 284 g/mol. The molecule has 0 fully saturated rings. The van der Waals surface area contributed by atoms with Gasteiger partial charge in [-0.2, -0.15) is 0 Å². The highest BCUT2D eigenvalue weighted by molar-refractivity contribution is 6.31. The van der Waals surface area contributed by atoms with E-state index in [9.17, 15) is 4.79 Å². The first-order chi connectivity index (χ1) is 10.1.